The van der Waals surface area contributed by atoms with Crippen molar-refractivity contribution in [1.82, 2.24) is 0 Å². The molecule has 24 nitrogen and oxygen atoms in total. The molecule has 0 unspecified atom stereocenters. The Morgan fingerprint density at radius 1 is 0.378 bits per heavy atom. The third-order valence-electron chi connectivity index (χ3n) is 9.12. The van der Waals surface area contributed by atoms with Crippen LogP contribution in [-0.2, 0) is 50.1 Å². The first-order valence-electron chi connectivity index (χ1n) is 19.4. The van der Waals surface area contributed by atoms with Crippen molar-refractivity contribution in [3.63, 3.8) is 0 Å². The number of nitrogens with zero attached hydrogens (tertiary/aromatic N) is 8. The second kappa shape index (κ2) is 28.4. The molecular formula is C42H34N10Na4O14S4. The Hall–Kier alpha value is -3.96. The molecule has 32 heteroatoms. The van der Waals surface area contributed by atoms with Crippen LogP contribution in [0.1, 0.15) is 11.1 Å². The van der Waals surface area contributed by atoms with Crippen molar-refractivity contribution < 1.29 is 61.5 Å². The summed E-state index contributed by atoms with van der Waals surface area (Å²) in [4.78, 5) is 23.3. The molecule has 0 atom stereocenters. The number of anilines is 2. The SMILES string of the molecule is Cc1cc(NC(=O)C=CC(=O)Nc2ccc(N=Nc3ccc(N=Nc4ccc(S(=O)(=O)O)cc4)cc3S(=O)(=O)O)c(C)c2)ccc1N=Nc1ccc(N=Nc2ccc(S(=O)(=O)O)cc2)cc1S(=O)(=O)O.[Na].[Na].[Na].[Na]. The molecule has 4 radical (unpaired) electrons. The van der Waals surface area contributed by atoms with Gasteiger partial charge in [0.2, 0.25) is 11.8 Å². The first-order valence-corrected chi connectivity index (χ1v) is 25.1. The molecular weight excluding hydrogens is 1090 g/mol. The monoisotopic (exact) mass is 1120 g/mol. The van der Waals surface area contributed by atoms with E-state index in [1.807, 2.05) is 0 Å². The van der Waals surface area contributed by atoms with Gasteiger partial charge in [0.1, 0.15) is 21.2 Å². The maximum Gasteiger partial charge on any atom is 0.296 e. The molecule has 364 valence electrons. The molecule has 2 amide bonds. The fourth-order valence-corrected chi connectivity index (χ4v) is 7.98. The van der Waals surface area contributed by atoms with Gasteiger partial charge in [-0.2, -0.15) is 64.4 Å². The average molecular weight is 1120 g/mol. The van der Waals surface area contributed by atoms with Gasteiger partial charge in [-0.05, 0) is 146 Å². The van der Waals surface area contributed by atoms with Gasteiger partial charge >= 0.3 is 0 Å². The molecule has 6 N–H and O–H groups in total. The number of hydrogen-bond acceptors (Lipinski definition) is 18. The van der Waals surface area contributed by atoms with Crippen molar-refractivity contribution in [2.45, 2.75) is 33.4 Å². The largest absolute Gasteiger partial charge is 0.322 e. The molecule has 0 saturated carbocycles. The Bertz CT molecular complexity index is 3440. The number of rotatable bonds is 16. The number of benzene rings is 6. The van der Waals surface area contributed by atoms with E-state index in [-0.39, 0.29) is 174 Å². The first kappa shape index (κ1) is 66.2. The van der Waals surface area contributed by atoms with Crippen molar-refractivity contribution in [2.75, 3.05) is 10.6 Å². The van der Waals surface area contributed by atoms with Gasteiger partial charge < -0.3 is 10.6 Å². The minimum Gasteiger partial charge on any atom is -0.322 e. The molecule has 74 heavy (non-hydrogen) atoms. The normalized spacial score (nSPS) is 12.0. The summed E-state index contributed by atoms with van der Waals surface area (Å²) in [5.41, 5.74) is 1.94. The van der Waals surface area contributed by atoms with Crippen LogP contribution >= 0.6 is 0 Å². The van der Waals surface area contributed by atoms with Crippen molar-refractivity contribution in [3.05, 3.63) is 145 Å². The van der Waals surface area contributed by atoms with Crippen molar-refractivity contribution in [2.24, 2.45) is 40.9 Å². The molecule has 0 bridgehead atoms. The van der Waals surface area contributed by atoms with E-state index in [1.54, 1.807) is 13.8 Å². The van der Waals surface area contributed by atoms with Gasteiger partial charge in [0.15, 0.2) is 0 Å². The fourth-order valence-electron chi connectivity index (χ4n) is 5.73. The molecule has 0 saturated heterocycles. The molecule has 6 aromatic carbocycles. The zero-order chi connectivity index (χ0) is 51.0. The van der Waals surface area contributed by atoms with Crippen molar-refractivity contribution >= 4 is 227 Å². The van der Waals surface area contributed by atoms with E-state index in [0.717, 1.165) is 48.6 Å². The number of hydrogen-bond donors (Lipinski definition) is 6. The Labute approximate surface area is 512 Å². The Morgan fingerprint density at radius 2 is 0.662 bits per heavy atom. The van der Waals surface area contributed by atoms with Gasteiger partial charge in [-0.1, -0.05) is 0 Å². The maximum atomic E-state index is 12.7. The van der Waals surface area contributed by atoms with E-state index in [0.29, 0.717) is 22.5 Å². The molecule has 0 aliphatic carbocycles. The molecule has 0 fully saturated rings. The van der Waals surface area contributed by atoms with Crippen LogP contribution in [0, 0.1) is 13.8 Å². The predicted molar refractivity (Wildman–Crippen MR) is 274 cm³/mol. The summed E-state index contributed by atoms with van der Waals surface area (Å²) in [6.07, 6.45) is 1.97. The Balaban J connectivity index is 0.00000469. The average Bonchev–Trinajstić information content (AvgIpc) is 3.28. The van der Waals surface area contributed by atoms with Crippen molar-refractivity contribution in [3.8, 4) is 0 Å². The minimum absolute atomic E-state index is 0. The second-order valence-electron chi connectivity index (χ2n) is 14.3. The van der Waals surface area contributed by atoms with Crippen LogP contribution in [0.15, 0.2) is 194 Å². The summed E-state index contributed by atoms with van der Waals surface area (Å²) < 4.78 is 132. The number of carbonyl (C=O) groups is 2. The van der Waals surface area contributed by atoms with Gasteiger partial charge in [0.25, 0.3) is 40.5 Å². The summed E-state index contributed by atoms with van der Waals surface area (Å²) >= 11 is 0. The van der Waals surface area contributed by atoms with Gasteiger partial charge in [0, 0.05) is 142 Å². The fraction of sp³-hybridized carbons (Fsp3) is 0.0476. The van der Waals surface area contributed by atoms with E-state index in [1.165, 1.54) is 84.9 Å². The number of amides is 2. The van der Waals surface area contributed by atoms with Crippen LogP contribution in [0.25, 0.3) is 0 Å². The third-order valence-corrected chi connectivity index (χ3v) is 12.6. The first-order chi connectivity index (χ1) is 32.8. The molecule has 6 rings (SSSR count). The summed E-state index contributed by atoms with van der Waals surface area (Å²) in [6.45, 7) is 3.26. The van der Waals surface area contributed by atoms with E-state index in [9.17, 15) is 52.4 Å². The van der Waals surface area contributed by atoms with Crippen molar-refractivity contribution in [1.29, 1.82) is 0 Å². The van der Waals surface area contributed by atoms with Gasteiger partial charge in [-0.25, -0.2) is 0 Å². The van der Waals surface area contributed by atoms with Crippen LogP contribution in [-0.4, -0.2) is 182 Å². The summed E-state index contributed by atoms with van der Waals surface area (Å²) in [6, 6.07) is 25.4. The molecule has 0 heterocycles. The van der Waals surface area contributed by atoms with Crippen LogP contribution in [0.4, 0.5) is 56.9 Å². The van der Waals surface area contributed by atoms with Gasteiger partial charge in [0.05, 0.1) is 43.9 Å². The van der Waals surface area contributed by atoms with Gasteiger partial charge in [-0.15, -0.1) is 10.2 Å². The van der Waals surface area contributed by atoms with Crippen LogP contribution in [0.5, 0.6) is 0 Å². The Kier molecular flexibility index (Phi) is 25.4. The quantitative estimate of drug-likeness (QED) is 0.0229. The minimum atomic E-state index is -4.83. The topological polar surface area (TPSA) is 375 Å². The molecule has 0 aromatic heterocycles. The summed E-state index contributed by atoms with van der Waals surface area (Å²) in [7, 11) is -18.5. The third kappa shape index (κ3) is 19.6. The molecule has 6 aromatic rings. The second-order valence-corrected chi connectivity index (χ2v) is 19.9. The maximum absolute atomic E-state index is 12.7. The molecule has 0 spiro atoms. The number of aryl methyl sites for hydroxylation is 2. The number of carbonyl (C=O) groups excluding carboxylic acids is 2. The van der Waals surface area contributed by atoms with E-state index in [4.69, 9.17) is 9.11 Å². The predicted octanol–water partition coefficient (Wildman–Crippen LogP) is 8.56. The smallest absolute Gasteiger partial charge is 0.296 e. The summed E-state index contributed by atoms with van der Waals surface area (Å²) in [5, 5.41) is 36.8. The van der Waals surface area contributed by atoms with E-state index in [2.05, 4.69) is 51.5 Å². The zero-order valence-corrected chi connectivity index (χ0v) is 51.0. The molecule has 0 aliphatic heterocycles. The van der Waals surface area contributed by atoms with Crippen LogP contribution in [0.3, 0.4) is 0 Å². The number of azo groups is 4. The van der Waals surface area contributed by atoms with Crippen LogP contribution in [0.2, 0.25) is 0 Å². The summed E-state index contributed by atoms with van der Waals surface area (Å²) in [5.74, 6) is -1.34. The van der Waals surface area contributed by atoms with Gasteiger partial charge in [-0.3, -0.25) is 27.8 Å². The Morgan fingerprint density at radius 3 is 0.959 bits per heavy atom. The van der Waals surface area contributed by atoms with E-state index < -0.39 is 62.1 Å². The molecule has 0 aliphatic rings. The zero-order valence-electron chi connectivity index (χ0n) is 39.8. The van der Waals surface area contributed by atoms with E-state index >= 15 is 0 Å². The number of nitrogens with one attached hydrogen (secondary N) is 2. The van der Waals surface area contributed by atoms with Crippen LogP contribution < -0.4 is 10.6 Å². The standard InChI is InChI=1S/C42H34N10O14S4.4Na/c1-25-21-29(7-15-35(25)49-51-37-17-9-31(23-39(37)69(61,62)63)47-45-27-3-11-33(12-4-27)67(55,56)57)43-41(53)19-20-42(54)44-30-8-16-36(26(2)22-30)50-52-38-18-10-32(24-40(38)70(64,65)66)48-46-28-5-13-34(14-6-28)68(58,59)60;;;;/h3-24H,1-2H3,(H,43,53)(H,44,54)(H,55,56,57)(H,58,59,60)(H,61,62,63)(H,64,65,66);;;;.